The maximum atomic E-state index is 12.2. The van der Waals surface area contributed by atoms with Crippen molar-refractivity contribution in [1.29, 1.82) is 0 Å². The lowest BCUT2D eigenvalue weighted by Gasteiger charge is -2.16. The summed E-state index contributed by atoms with van der Waals surface area (Å²) >= 11 is 5.93. The van der Waals surface area contributed by atoms with Gasteiger partial charge >= 0.3 is 5.97 Å². The summed E-state index contributed by atoms with van der Waals surface area (Å²) in [6, 6.07) is 4.92. The molecule has 0 aromatic heterocycles. The van der Waals surface area contributed by atoms with E-state index in [0.717, 1.165) is 6.42 Å². The number of methoxy groups -OCH3 is 1. The smallest absolute Gasteiger partial charge is 0.306 e. The number of benzene rings is 1. The Balaban J connectivity index is 1.83. The predicted molar refractivity (Wildman–Crippen MR) is 93.4 cm³/mol. The average molecular weight is 354 g/mol. The molecular weight excluding hydrogens is 330 g/mol. The van der Waals surface area contributed by atoms with Crippen LogP contribution in [0.25, 0.3) is 0 Å². The Morgan fingerprint density at radius 3 is 2.71 bits per heavy atom. The highest BCUT2D eigenvalue weighted by atomic mass is 35.5. The number of amides is 1. The highest BCUT2D eigenvalue weighted by Crippen LogP contribution is 2.29. The molecule has 0 aliphatic heterocycles. The zero-order valence-electron chi connectivity index (χ0n) is 14.1. The van der Waals surface area contributed by atoms with E-state index in [4.69, 9.17) is 21.1 Å². The number of nitrogens with one attached hydrogen (secondary N) is 1. The number of hydrogen-bond acceptors (Lipinski definition) is 4. The van der Waals surface area contributed by atoms with Crippen LogP contribution in [0.4, 0.5) is 5.69 Å². The molecule has 1 N–H and O–H groups in total. The number of carbonyl (C=O) groups is 2. The zero-order valence-corrected chi connectivity index (χ0v) is 14.9. The third-order valence-electron chi connectivity index (χ3n) is 4.33. The predicted octanol–water partition coefficient (Wildman–Crippen LogP) is 4.19. The van der Waals surface area contributed by atoms with Crippen LogP contribution in [0.5, 0.6) is 5.75 Å². The lowest BCUT2D eigenvalue weighted by molar-refractivity contribution is -0.153. The first kappa shape index (κ1) is 18.6. The molecule has 0 bridgehead atoms. The number of halogens is 1. The summed E-state index contributed by atoms with van der Waals surface area (Å²) in [4.78, 5) is 24.1. The molecule has 6 heteroatoms. The van der Waals surface area contributed by atoms with Gasteiger partial charge in [0.15, 0.2) is 6.10 Å². The van der Waals surface area contributed by atoms with Gasteiger partial charge in [-0.1, -0.05) is 37.3 Å². The standard InChI is InChI=1S/C18H24ClNO4/c1-12(24-17(21)10-7-13-5-3-4-6-13)18(22)20-15-11-14(19)8-9-16(15)23-2/h8-9,11-13H,3-7,10H2,1-2H3,(H,20,22)/t12-/m1/s1. The van der Waals surface area contributed by atoms with Gasteiger partial charge in [0.25, 0.3) is 5.91 Å². The molecule has 0 radical (unpaired) electrons. The van der Waals surface area contributed by atoms with E-state index in [9.17, 15) is 9.59 Å². The molecule has 1 aromatic rings. The number of ether oxygens (including phenoxy) is 2. The van der Waals surface area contributed by atoms with Crippen molar-refractivity contribution >= 4 is 29.2 Å². The molecular formula is C18H24ClNO4. The van der Waals surface area contributed by atoms with Crippen molar-refractivity contribution in [1.82, 2.24) is 0 Å². The fraction of sp³-hybridized carbons (Fsp3) is 0.556. The SMILES string of the molecule is COc1ccc(Cl)cc1NC(=O)[C@@H](C)OC(=O)CCC1CCCC1. The lowest BCUT2D eigenvalue weighted by atomic mass is 10.0. The van der Waals surface area contributed by atoms with E-state index in [0.29, 0.717) is 28.8 Å². The summed E-state index contributed by atoms with van der Waals surface area (Å²) < 4.78 is 10.4. The Bertz CT molecular complexity index is 584. The fourth-order valence-electron chi connectivity index (χ4n) is 2.94. The number of carbonyl (C=O) groups excluding carboxylic acids is 2. The van der Waals surface area contributed by atoms with E-state index in [-0.39, 0.29) is 5.97 Å². The van der Waals surface area contributed by atoms with Gasteiger partial charge in [0.2, 0.25) is 0 Å². The van der Waals surface area contributed by atoms with Crippen molar-refractivity contribution in [3.63, 3.8) is 0 Å². The van der Waals surface area contributed by atoms with E-state index in [1.54, 1.807) is 25.1 Å². The van der Waals surface area contributed by atoms with Crippen molar-refractivity contribution in [2.45, 2.75) is 51.6 Å². The van der Waals surface area contributed by atoms with Crippen LogP contribution in [0.1, 0.15) is 45.4 Å². The Kier molecular flexibility index (Phi) is 6.91. The van der Waals surface area contributed by atoms with Gasteiger partial charge in [0.05, 0.1) is 12.8 Å². The molecule has 1 fully saturated rings. The molecule has 1 aliphatic carbocycles. The van der Waals surface area contributed by atoms with E-state index >= 15 is 0 Å². The minimum Gasteiger partial charge on any atom is -0.495 e. The van der Waals surface area contributed by atoms with Gasteiger partial charge in [-0.15, -0.1) is 0 Å². The fourth-order valence-corrected chi connectivity index (χ4v) is 3.11. The molecule has 1 aliphatic rings. The van der Waals surface area contributed by atoms with E-state index < -0.39 is 12.0 Å². The monoisotopic (exact) mass is 353 g/mol. The van der Waals surface area contributed by atoms with Gasteiger partial charge in [0, 0.05) is 11.4 Å². The maximum absolute atomic E-state index is 12.2. The molecule has 5 nitrogen and oxygen atoms in total. The lowest BCUT2D eigenvalue weighted by Crippen LogP contribution is -2.30. The maximum Gasteiger partial charge on any atom is 0.306 e. The Morgan fingerprint density at radius 2 is 2.04 bits per heavy atom. The van der Waals surface area contributed by atoms with Gasteiger partial charge < -0.3 is 14.8 Å². The average Bonchev–Trinajstić information content (AvgIpc) is 3.06. The van der Waals surface area contributed by atoms with Crippen LogP contribution in [-0.2, 0) is 14.3 Å². The third kappa shape index (κ3) is 5.41. The van der Waals surface area contributed by atoms with Gasteiger partial charge in [0.1, 0.15) is 5.75 Å². The molecule has 1 amide bonds. The van der Waals surface area contributed by atoms with Crippen LogP contribution in [0, 0.1) is 5.92 Å². The first-order valence-corrected chi connectivity index (χ1v) is 8.71. The van der Waals surface area contributed by atoms with Crippen LogP contribution in [0.3, 0.4) is 0 Å². The molecule has 0 saturated heterocycles. The minimum atomic E-state index is -0.871. The van der Waals surface area contributed by atoms with Crippen molar-refractivity contribution < 1.29 is 19.1 Å². The minimum absolute atomic E-state index is 0.331. The van der Waals surface area contributed by atoms with Crippen molar-refractivity contribution in [3.05, 3.63) is 23.2 Å². The number of esters is 1. The molecule has 24 heavy (non-hydrogen) atoms. The van der Waals surface area contributed by atoms with E-state index in [2.05, 4.69) is 5.32 Å². The van der Waals surface area contributed by atoms with E-state index in [1.807, 2.05) is 0 Å². The quantitative estimate of drug-likeness (QED) is 0.746. The van der Waals surface area contributed by atoms with Crippen molar-refractivity contribution in [2.24, 2.45) is 5.92 Å². The molecule has 0 spiro atoms. The van der Waals surface area contributed by atoms with Gasteiger partial charge in [-0.05, 0) is 37.5 Å². The summed E-state index contributed by atoms with van der Waals surface area (Å²) in [5, 5.41) is 3.16. The molecule has 132 valence electrons. The first-order valence-electron chi connectivity index (χ1n) is 8.33. The Morgan fingerprint density at radius 1 is 1.33 bits per heavy atom. The van der Waals surface area contributed by atoms with Crippen LogP contribution in [-0.4, -0.2) is 25.1 Å². The van der Waals surface area contributed by atoms with Crippen LogP contribution < -0.4 is 10.1 Å². The largest absolute Gasteiger partial charge is 0.495 e. The third-order valence-corrected chi connectivity index (χ3v) is 4.56. The van der Waals surface area contributed by atoms with Crippen LogP contribution >= 0.6 is 11.6 Å². The van der Waals surface area contributed by atoms with Gasteiger partial charge in [-0.25, -0.2) is 0 Å². The van der Waals surface area contributed by atoms with Crippen molar-refractivity contribution in [2.75, 3.05) is 12.4 Å². The Labute approximate surface area is 147 Å². The van der Waals surface area contributed by atoms with Crippen molar-refractivity contribution in [3.8, 4) is 5.75 Å². The highest BCUT2D eigenvalue weighted by molar-refractivity contribution is 6.31. The van der Waals surface area contributed by atoms with Gasteiger partial charge in [-0.2, -0.15) is 0 Å². The highest BCUT2D eigenvalue weighted by Gasteiger charge is 2.21. The normalized spacial score (nSPS) is 15.8. The summed E-state index contributed by atoms with van der Waals surface area (Å²) in [7, 11) is 1.51. The molecule has 0 heterocycles. The summed E-state index contributed by atoms with van der Waals surface area (Å²) in [5.74, 6) is 0.373. The van der Waals surface area contributed by atoms with Crippen LogP contribution in [0.2, 0.25) is 5.02 Å². The first-order chi connectivity index (χ1) is 11.5. The second-order valence-electron chi connectivity index (χ2n) is 6.16. The topological polar surface area (TPSA) is 64.6 Å². The molecule has 1 aromatic carbocycles. The second kappa shape index (κ2) is 8.92. The molecule has 1 atom stereocenters. The van der Waals surface area contributed by atoms with Gasteiger partial charge in [-0.3, -0.25) is 9.59 Å². The zero-order chi connectivity index (χ0) is 17.5. The summed E-state index contributed by atoms with van der Waals surface area (Å²) in [5.41, 5.74) is 0.448. The second-order valence-corrected chi connectivity index (χ2v) is 6.59. The molecule has 1 saturated carbocycles. The summed E-state index contributed by atoms with van der Waals surface area (Å²) in [6.07, 6.45) is 5.22. The van der Waals surface area contributed by atoms with Crippen LogP contribution in [0.15, 0.2) is 18.2 Å². The molecule has 2 rings (SSSR count). The summed E-state index contributed by atoms with van der Waals surface area (Å²) in [6.45, 7) is 1.56. The number of rotatable bonds is 7. The van der Waals surface area contributed by atoms with E-state index in [1.165, 1.54) is 32.8 Å². The Hall–Kier alpha value is -1.75. The number of anilines is 1. The number of hydrogen-bond donors (Lipinski definition) is 1. The molecule has 0 unspecified atom stereocenters.